The Kier molecular flexibility index (Phi) is 1.96. The first-order chi connectivity index (χ1) is 5.36. The minimum atomic E-state index is 0.642. The molecule has 1 aromatic carbocycles. The molecule has 0 spiro atoms. The van der Waals surface area contributed by atoms with Crippen molar-refractivity contribution in [3.05, 3.63) is 34.3 Å². The van der Waals surface area contributed by atoms with Gasteiger partial charge in [0.2, 0.25) is 0 Å². The van der Waals surface area contributed by atoms with Gasteiger partial charge in [-0.05, 0) is 17.7 Å². The van der Waals surface area contributed by atoms with Crippen LogP contribution in [0.25, 0.3) is 0 Å². The molecular weight excluding hydrogens is 204 g/mol. The molecular formula is C9H9BrO. The summed E-state index contributed by atoms with van der Waals surface area (Å²) in [6, 6.07) is 8.45. The van der Waals surface area contributed by atoms with Gasteiger partial charge in [-0.15, -0.1) is 0 Å². The van der Waals surface area contributed by atoms with E-state index in [4.69, 9.17) is 4.74 Å². The van der Waals surface area contributed by atoms with Crippen LogP contribution in [0.15, 0.2) is 28.7 Å². The molecule has 58 valence electrons. The zero-order valence-electron chi connectivity index (χ0n) is 6.09. The highest BCUT2D eigenvalue weighted by Gasteiger charge is 2.19. The highest BCUT2D eigenvalue weighted by atomic mass is 79.9. The predicted molar refractivity (Wildman–Crippen MR) is 47.7 cm³/mol. The summed E-state index contributed by atoms with van der Waals surface area (Å²) in [7, 11) is 0. The Morgan fingerprint density at radius 1 is 1.18 bits per heavy atom. The SMILES string of the molecule is Brc1ccc(C2COC2)cc1. The van der Waals surface area contributed by atoms with Gasteiger partial charge in [0.25, 0.3) is 0 Å². The Bertz CT molecular complexity index is 238. The molecule has 0 radical (unpaired) electrons. The van der Waals surface area contributed by atoms with Crippen LogP contribution in [0.4, 0.5) is 0 Å². The molecule has 1 saturated heterocycles. The summed E-state index contributed by atoms with van der Waals surface area (Å²) >= 11 is 3.40. The normalized spacial score (nSPS) is 17.9. The Morgan fingerprint density at radius 2 is 1.82 bits per heavy atom. The Balaban J connectivity index is 2.18. The minimum absolute atomic E-state index is 0.642. The number of hydrogen-bond donors (Lipinski definition) is 0. The van der Waals surface area contributed by atoms with Gasteiger partial charge in [0, 0.05) is 10.4 Å². The van der Waals surface area contributed by atoms with Gasteiger partial charge < -0.3 is 4.74 Å². The van der Waals surface area contributed by atoms with Crippen molar-refractivity contribution in [2.24, 2.45) is 0 Å². The maximum Gasteiger partial charge on any atom is 0.0557 e. The van der Waals surface area contributed by atoms with Crippen LogP contribution < -0.4 is 0 Å². The first kappa shape index (κ1) is 7.32. The number of benzene rings is 1. The van der Waals surface area contributed by atoms with E-state index in [0.29, 0.717) is 5.92 Å². The molecule has 2 heteroatoms. The number of halogens is 1. The van der Waals surface area contributed by atoms with Crippen molar-refractivity contribution in [2.75, 3.05) is 13.2 Å². The van der Waals surface area contributed by atoms with Crippen LogP contribution in [-0.4, -0.2) is 13.2 Å². The van der Waals surface area contributed by atoms with Gasteiger partial charge in [-0.2, -0.15) is 0 Å². The van der Waals surface area contributed by atoms with Crippen molar-refractivity contribution in [1.29, 1.82) is 0 Å². The van der Waals surface area contributed by atoms with E-state index in [0.717, 1.165) is 17.7 Å². The summed E-state index contributed by atoms with van der Waals surface area (Å²) in [5, 5.41) is 0. The van der Waals surface area contributed by atoms with Gasteiger partial charge in [-0.1, -0.05) is 28.1 Å². The third-order valence-electron chi connectivity index (χ3n) is 1.98. The highest BCUT2D eigenvalue weighted by molar-refractivity contribution is 9.10. The summed E-state index contributed by atoms with van der Waals surface area (Å²) in [5.41, 5.74) is 1.39. The molecule has 0 bridgehead atoms. The fourth-order valence-electron chi connectivity index (χ4n) is 1.16. The molecule has 1 aromatic rings. The van der Waals surface area contributed by atoms with Crippen molar-refractivity contribution in [1.82, 2.24) is 0 Å². The predicted octanol–water partition coefficient (Wildman–Crippen LogP) is 2.56. The molecule has 1 heterocycles. The smallest absolute Gasteiger partial charge is 0.0557 e. The fraction of sp³-hybridized carbons (Fsp3) is 0.333. The average molecular weight is 213 g/mol. The van der Waals surface area contributed by atoms with Gasteiger partial charge >= 0.3 is 0 Å². The highest BCUT2D eigenvalue weighted by Crippen LogP contribution is 2.24. The van der Waals surface area contributed by atoms with E-state index in [-0.39, 0.29) is 0 Å². The molecule has 1 nitrogen and oxygen atoms in total. The lowest BCUT2D eigenvalue weighted by Crippen LogP contribution is -2.24. The maximum atomic E-state index is 5.11. The zero-order chi connectivity index (χ0) is 7.68. The molecule has 1 aliphatic heterocycles. The van der Waals surface area contributed by atoms with Crippen molar-refractivity contribution in [3.63, 3.8) is 0 Å². The van der Waals surface area contributed by atoms with Crippen LogP contribution in [0.2, 0.25) is 0 Å². The van der Waals surface area contributed by atoms with E-state index in [9.17, 15) is 0 Å². The van der Waals surface area contributed by atoms with E-state index >= 15 is 0 Å². The molecule has 1 aliphatic rings. The molecule has 1 fully saturated rings. The number of hydrogen-bond acceptors (Lipinski definition) is 1. The summed E-state index contributed by atoms with van der Waals surface area (Å²) in [4.78, 5) is 0. The van der Waals surface area contributed by atoms with Crippen molar-refractivity contribution >= 4 is 15.9 Å². The van der Waals surface area contributed by atoms with E-state index in [2.05, 4.69) is 40.2 Å². The van der Waals surface area contributed by atoms with Gasteiger partial charge in [-0.25, -0.2) is 0 Å². The minimum Gasteiger partial charge on any atom is -0.380 e. The lowest BCUT2D eigenvalue weighted by Gasteiger charge is -2.26. The zero-order valence-corrected chi connectivity index (χ0v) is 7.67. The molecule has 0 N–H and O–H groups in total. The van der Waals surface area contributed by atoms with E-state index in [1.807, 2.05) is 0 Å². The average Bonchev–Trinajstić information content (AvgIpc) is 1.90. The lowest BCUT2D eigenvalue weighted by atomic mass is 9.98. The monoisotopic (exact) mass is 212 g/mol. The summed E-state index contributed by atoms with van der Waals surface area (Å²) < 4.78 is 6.25. The van der Waals surface area contributed by atoms with Gasteiger partial charge in [0.15, 0.2) is 0 Å². The summed E-state index contributed by atoms with van der Waals surface area (Å²) in [6.07, 6.45) is 0. The first-order valence-electron chi connectivity index (χ1n) is 3.69. The summed E-state index contributed by atoms with van der Waals surface area (Å²) in [5.74, 6) is 0.642. The van der Waals surface area contributed by atoms with Crippen LogP contribution in [0.3, 0.4) is 0 Å². The Hall–Kier alpha value is -0.340. The largest absolute Gasteiger partial charge is 0.380 e. The van der Waals surface area contributed by atoms with Crippen LogP contribution in [0.5, 0.6) is 0 Å². The molecule has 2 rings (SSSR count). The van der Waals surface area contributed by atoms with Crippen LogP contribution in [0.1, 0.15) is 11.5 Å². The van der Waals surface area contributed by atoms with Crippen LogP contribution in [0, 0.1) is 0 Å². The summed E-state index contributed by atoms with van der Waals surface area (Å²) in [6.45, 7) is 1.78. The Morgan fingerprint density at radius 3 is 2.27 bits per heavy atom. The van der Waals surface area contributed by atoms with Crippen LogP contribution in [-0.2, 0) is 4.74 Å². The van der Waals surface area contributed by atoms with Crippen molar-refractivity contribution < 1.29 is 4.74 Å². The second kappa shape index (κ2) is 2.95. The molecule has 0 aromatic heterocycles. The maximum absolute atomic E-state index is 5.11. The number of ether oxygens (including phenoxy) is 1. The molecule has 0 aliphatic carbocycles. The lowest BCUT2D eigenvalue weighted by molar-refractivity contribution is 0.00842. The molecule has 0 unspecified atom stereocenters. The fourth-order valence-corrected chi connectivity index (χ4v) is 1.43. The van der Waals surface area contributed by atoms with Gasteiger partial charge in [0.1, 0.15) is 0 Å². The quantitative estimate of drug-likeness (QED) is 0.696. The van der Waals surface area contributed by atoms with Crippen molar-refractivity contribution in [2.45, 2.75) is 5.92 Å². The topological polar surface area (TPSA) is 9.23 Å². The standard InChI is InChI=1S/C9H9BrO/c10-9-3-1-7(2-4-9)8-5-11-6-8/h1-4,8H,5-6H2. The van der Waals surface area contributed by atoms with E-state index < -0.39 is 0 Å². The third-order valence-corrected chi connectivity index (χ3v) is 2.51. The Labute approximate surface area is 74.5 Å². The third kappa shape index (κ3) is 1.47. The van der Waals surface area contributed by atoms with Gasteiger partial charge in [-0.3, -0.25) is 0 Å². The molecule has 11 heavy (non-hydrogen) atoms. The molecule has 0 atom stereocenters. The van der Waals surface area contributed by atoms with E-state index in [1.165, 1.54) is 5.56 Å². The second-order valence-electron chi connectivity index (χ2n) is 2.79. The molecule has 0 amide bonds. The first-order valence-corrected chi connectivity index (χ1v) is 4.49. The van der Waals surface area contributed by atoms with Gasteiger partial charge in [0.05, 0.1) is 13.2 Å². The van der Waals surface area contributed by atoms with Crippen molar-refractivity contribution in [3.8, 4) is 0 Å². The second-order valence-corrected chi connectivity index (χ2v) is 3.70. The molecule has 0 saturated carbocycles. The van der Waals surface area contributed by atoms with Crippen LogP contribution >= 0.6 is 15.9 Å². The van der Waals surface area contributed by atoms with E-state index in [1.54, 1.807) is 0 Å². The number of rotatable bonds is 1.